The molecule has 1 fully saturated rings. The van der Waals surface area contributed by atoms with E-state index in [-0.39, 0.29) is 0 Å². The van der Waals surface area contributed by atoms with Crippen LogP contribution in [0.4, 0.5) is 5.00 Å². The summed E-state index contributed by atoms with van der Waals surface area (Å²) in [4.78, 5) is 4.78. The van der Waals surface area contributed by atoms with Crippen LogP contribution in [-0.2, 0) is 6.54 Å². The Kier molecular flexibility index (Phi) is 3.00. The van der Waals surface area contributed by atoms with E-state index in [1.165, 1.54) is 17.1 Å². The molecule has 14 heavy (non-hydrogen) atoms. The molecule has 78 valence electrons. The summed E-state index contributed by atoms with van der Waals surface area (Å²) in [7, 11) is 2.16. The zero-order chi connectivity index (χ0) is 9.97. The van der Waals surface area contributed by atoms with Gasteiger partial charge in [0.2, 0.25) is 0 Å². The number of hydrogen-bond acceptors (Lipinski definition) is 5. The molecule has 0 saturated carbocycles. The number of rotatable bonds is 2. The first-order valence-electron chi connectivity index (χ1n) is 4.85. The molecule has 5 heteroatoms. The number of nitrogens with two attached hydrogens (primary N) is 1. The van der Waals surface area contributed by atoms with Crippen molar-refractivity contribution in [3.05, 3.63) is 11.8 Å². The zero-order valence-corrected chi connectivity index (χ0v) is 9.26. The molecule has 0 bridgehead atoms. The predicted octanol–water partition coefficient (Wildman–Crippen LogP) is 0.473. The van der Waals surface area contributed by atoms with Crippen molar-refractivity contribution in [3.8, 4) is 0 Å². The highest BCUT2D eigenvalue weighted by atomic mass is 32.1. The van der Waals surface area contributed by atoms with Gasteiger partial charge >= 0.3 is 0 Å². The highest BCUT2D eigenvalue weighted by Crippen LogP contribution is 2.18. The summed E-state index contributed by atoms with van der Waals surface area (Å²) in [6.45, 7) is 5.52. The number of nitrogen functional groups attached to an aromatic ring is 1. The van der Waals surface area contributed by atoms with Gasteiger partial charge in [-0.05, 0) is 18.6 Å². The lowest BCUT2D eigenvalue weighted by Crippen LogP contribution is -2.43. The third kappa shape index (κ3) is 2.23. The predicted molar refractivity (Wildman–Crippen MR) is 59.3 cm³/mol. The lowest BCUT2D eigenvalue weighted by molar-refractivity contribution is 0.148. The quantitative estimate of drug-likeness (QED) is 0.774. The SMILES string of the molecule is CN1CCN(Cc2cnsc2N)CC1. The van der Waals surface area contributed by atoms with Gasteiger partial charge in [-0.15, -0.1) is 0 Å². The number of hydrogen-bond donors (Lipinski definition) is 1. The van der Waals surface area contributed by atoms with Crippen LogP contribution in [0.1, 0.15) is 5.56 Å². The van der Waals surface area contributed by atoms with Gasteiger partial charge < -0.3 is 10.6 Å². The van der Waals surface area contributed by atoms with Crippen LogP contribution in [0.5, 0.6) is 0 Å². The molecule has 1 saturated heterocycles. The molecule has 1 aliphatic heterocycles. The monoisotopic (exact) mass is 212 g/mol. The van der Waals surface area contributed by atoms with Crippen LogP contribution in [0.15, 0.2) is 6.20 Å². The van der Waals surface area contributed by atoms with Crippen molar-refractivity contribution < 1.29 is 0 Å². The second-order valence-electron chi connectivity index (χ2n) is 3.79. The third-order valence-corrected chi connectivity index (χ3v) is 3.34. The van der Waals surface area contributed by atoms with Gasteiger partial charge in [-0.2, -0.15) is 4.37 Å². The molecule has 2 heterocycles. The Labute approximate surface area is 88.5 Å². The van der Waals surface area contributed by atoms with E-state index in [1.54, 1.807) is 0 Å². The maximum Gasteiger partial charge on any atom is 0.111 e. The van der Waals surface area contributed by atoms with E-state index >= 15 is 0 Å². The molecule has 1 aromatic rings. The van der Waals surface area contributed by atoms with Gasteiger partial charge in [-0.1, -0.05) is 0 Å². The van der Waals surface area contributed by atoms with Crippen LogP contribution in [0, 0.1) is 0 Å². The Bertz CT molecular complexity index is 291. The fraction of sp³-hybridized carbons (Fsp3) is 0.667. The van der Waals surface area contributed by atoms with Gasteiger partial charge in [0.05, 0.1) is 0 Å². The van der Waals surface area contributed by atoms with Crippen LogP contribution in [0.3, 0.4) is 0 Å². The van der Waals surface area contributed by atoms with Crippen molar-refractivity contribution in [2.45, 2.75) is 6.54 Å². The Morgan fingerprint density at radius 3 is 2.71 bits per heavy atom. The summed E-state index contributed by atoms with van der Waals surface area (Å²) in [5.41, 5.74) is 6.98. The summed E-state index contributed by atoms with van der Waals surface area (Å²) in [5.74, 6) is 0. The van der Waals surface area contributed by atoms with Crippen molar-refractivity contribution in [3.63, 3.8) is 0 Å². The van der Waals surface area contributed by atoms with Crippen molar-refractivity contribution in [2.24, 2.45) is 0 Å². The zero-order valence-electron chi connectivity index (χ0n) is 8.44. The van der Waals surface area contributed by atoms with Crippen molar-refractivity contribution in [1.29, 1.82) is 0 Å². The van der Waals surface area contributed by atoms with E-state index < -0.39 is 0 Å². The minimum absolute atomic E-state index is 0.865. The smallest absolute Gasteiger partial charge is 0.111 e. The van der Waals surface area contributed by atoms with Crippen molar-refractivity contribution in [1.82, 2.24) is 14.2 Å². The second-order valence-corrected chi connectivity index (χ2v) is 4.63. The molecule has 4 nitrogen and oxygen atoms in total. The average molecular weight is 212 g/mol. The number of likely N-dealkylation sites (N-methyl/N-ethyl adjacent to an activating group) is 1. The number of aromatic nitrogens is 1. The first-order valence-corrected chi connectivity index (χ1v) is 5.63. The summed E-state index contributed by atoms with van der Waals surface area (Å²) >= 11 is 1.38. The van der Waals surface area contributed by atoms with Crippen molar-refractivity contribution in [2.75, 3.05) is 39.0 Å². The molecule has 0 aliphatic carbocycles. The summed E-state index contributed by atoms with van der Waals surface area (Å²) in [6.07, 6.45) is 1.89. The van der Waals surface area contributed by atoms with Crippen LogP contribution in [-0.4, -0.2) is 47.4 Å². The van der Waals surface area contributed by atoms with Gasteiger partial charge in [-0.3, -0.25) is 4.90 Å². The highest BCUT2D eigenvalue weighted by Gasteiger charge is 2.15. The van der Waals surface area contributed by atoms with Gasteiger partial charge in [-0.25, -0.2) is 0 Å². The van der Waals surface area contributed by atoms with Crippen molar-refractivity contribution >= 4 is 16.5 Å². The number of nitrogens with zero attached hydrogens (tertiary/aromatic N) is 3. The van der Waals surface area contributed by atoms with E-state index in [9.17, 15) is 0 Å². The van der Waals surface area contributed by atoms with E-state index in [4.69, 9.17) is 5.73 Å². The Morgan fingerprint density at radius 1 is 1.43 bits per heavy atom. The van der Waals surface area contributed by atoms with Crippen LogP contribution in [0.2, 0.25) is 0 Å². The molecule has 2 N–H and O–H groups in total. The molecular formula is C9H16N4S. The highest BCUT2D eigenvalue weighted by molar-refractivity contribution is 7.10. The lowest BCUT2D eigenvalue weighted by Gasteiger charge is -2.32. The third-order valence-electron chi connectivity index (χ3n) is 2.67. The summed E-state index contributed by atoms with van der Waals surface area (Å²) < 4.78 is 4.08. The molecule has 0 unspecified atom stereocenters. The van der Waals surface area contributed by atoms with Crippen LogP contribution >= 0.6 is 11.5 Å². The first-order chi connectivity index (χ1) is 6.75. The molecule has 0 radical (unpaired) electrons. The maximum atomic E-state index is 5.80. The Balaban J connectivity index is 1.89. The number of piperazine rings is 1. The molecular weight excluding hydrogens is 196 g/mol. The Hall–Kier alpha value is -0.650. The fourth-order valence-corrected chi connectivity index (χ4v) is 2.16. The van der Waals surface area contributed by atoms with Gasteiger partial charge in [0.1, 0.15) is 5.00 Å². The summed E-state index contributed by atoms with van der Waals surface area (Å²) in [6, 6.07) is 0. The average Bonchev–Trinajstić information content (AvgIpc) is 2.56. The van der Waals surface area contributed by atoms with E-state index in [0.717, 1.165) is 37.7 Å². The minimum Gasteiger partial charge on any atom is -0.389 e. The lowest BCUT2D eigenvalue weighted by atomic mass is 10.2. The molecule has 0 spiro atoms. The molecule has 0 amide bonds. The molecule has 0 atom stereocenters. The first kappa shape index (κ1) is 9.89. The van der Waals surface area contributed by atoms with E-state index in [1.807, 2.05) is 6.20 Å². The van der Waals surface area contributed by atoms with Gasteiger partial charge in [0.15, 0.2) is 0 Å². The minimum atomic E-state index is 0.865. The van der Waals surface area contributed by atoms with Gasteiger partial charge in [0, 0.05) is 44.5 Å². The topological polar surface area (TPSA) is 45.4 Å². The van der Waals surface area contributed by atoms with E-state index in [0.29, 0.717) is 0 Å². The van der Waals surface area contributed by atoms with Gasteiger partial charge in [0.25, 0.3) is 0 Å². The maximum absolute atomic E-state index is 5.80. The molecule has 1 aliphatic rings. The fourth-order valence-electron chi connectivity index (χ4n) is 1.63. The normalized spacial score (nSPS) is 20.1. The number of anilines is 1. The molecule has 0 aromatic carbocycles. The second kappa shape index (κ2) is 4.25. The van der Waals surface area contributed by atoms with Crippen LogP contribution < -0.4 is 5.73 Å². The molecule has 1 aromatic heterocycles. The standard InChI is InChI=1S/C9H16N4S/c1-12-2-4-13(5-3-12)7-8-6-11-14-9(8)10/h6H,2-5,7,10H2,1H3. The summed E-state index contributed by atoms with van der Waals surface area (Å²) in [5, 5.41) is 0.865. The molecule has 2 rings (SSSR count). The Morgan fingerprint density at radius 2 is 2.14 bits per heavy atom. The largest absolute Gasteiger partial charge is 0.389 e. The van der Waals surface area contributed by atoms with E-state index in [2.05, 4.69) is 21.2 Å². The van der Waals surface area contributed by atoms with Crippen LogP contribution in [0.25, 0.3) is 0 Å².